The van der Waals surface area contributed by atoms with Crippen LogP contribution in [0.4, 0.5) is 51.7 Å². The fourth-order valence-electron chi connectivity index (χ4n) is 3.44. The Morgan fingerprint density at radius 2 is 1.64 bits per heavy atom. The zero-order valence-corrected chi connectivity index (χ0v) is 24.2. The number of nitrogens with one attached hydrogen (secondary N) is 1. The van der Waals surface area contributed by atoms with Crippen molar-refractivity contribution in [3.8, 4) is 0 Å². The van der Waals surface area contributed by atoms with Crippen LogP contribution in [-0.4, -0.2) is 48.1 Å². The summed E-state index contributed by atoms with van der Waals surface area (Å²) in [5.74, 6) is -1.81. The first kappa shape index (κ1) is 31.8. The van der Waals surface area contributed by atoms with E-state index >= 15 is 0 Å². The van der Waals surface area contributed by atoms with Gasteiger partial charge in [0.05, 0.1) is 16.3 Å². The number of anilines is 4. The number of hydrogen-bond acceptors (Lipinski definition) is 10. The number of nitro benzene ring substituents is 1. The molecule has 0 aliphatic carbocycles. The fraction of sp³-hybridized carbons (Fsp3) is 0.423. The third-order valence-electron chi connectivity index (χ3n) is 5.21. The molecule has 3 rings (SSSR count). The molecule has 0 radical (unpaired) electrons. The number of hydrogen-bond donors (Lipinski definition) is 1. The highest BCUT2D eigenvalue weighted by molar-refractivity contribution is 5.95. The van der Waals surface area contributed by atoms with Gasteiger partial charge < -0.3 is 14.8 Å². The maximum absolute atomic E-state index is 14.2. The number of aryl methyl sites for hydroxylation is 2. The summed E-state index contributed by atoms with van der Waals surface area (Å²) in [6.07, 6.45) is -6.80. The van der Waals surface area contributed by atoms with Crippen molar-refractivity contribution in [1.82, 2.24) is 19.7 Å². The Labute approximate surface area is 238 Å². The van der Waals surface area contributed by atoms with E-state index in [9.17, 15) is 32.9 Å². The minimum atomic E-state index is -5.04. The van der Waals surface area contributed by atoms with Gasteiger partial charge in [-0.05, 0) is 61.0 Å². The van der Waals surface area contributed by atoms with Gasteiger partial charge in [0.15, 0.2) is 11.6 Å². The second kappa shape index (κ2) is 11.3. The molecule has 2 aromatic heterocycles. The number of amides is 1. The summed E-state index contributed by atoms with van der Waals surface area (Å²) < 4.78 is 54.2. The fourth-order valence-corrected chi connectivity index (χ4v) is 3.44. The average Bonchev–Trinajstić information content (AvgIpc) is 3.18. The summed E-state index contributed by atoms with van der Waals surface area (Å²) in [4.78, 5) is 44.9. The van der Waals surface area contributed by atoms with E-state index in [0.717, 1.165) is 10.7 Å². The van der Waals surface area contributed by atoms with E-state index in [-0.39, 0.29) is 17.1 Å². The van der Waals surface area contributed by atoms with E-state index < -0.39 is 57.6 Å². The highest BCUT2D eigenvalue weighted by Crippen LogP contribution is 2.39. The summed E-state index contributed by atoms with van der Waals surface area (Å²) in [6, 6.07) is 5.04. The van der Waals surface area contributed by atoms with Gasteiger partial charge in [0.2, 0.25) is 5.95 Å². The molecule has 13 nitrogen and oxygen atoms in total. The third-order valence-corrected chi connectivity index (χ3v) is 5.21. The normalized spacial score (nSPS) is 12.1. The molecule has 16 heteroatoms. The van der Waals surface area contributed by atoms with Crippen molar-refractivity contribution in [2.24, 2.45) is 0 Å². The molecule has 3 aromatic rings. The molecule has 0 fully saturated rings. The third kappa shape index (κ3) is 7.70. The van der Waals surface area contributed by atoms with Gasteiger partial charge in [-0.25, -0.2) is 19.5 Å². The van der Waals surface area contributed by atoms with Crippen molar-refractivity contribution < 1.29 is 37.2 Å². The zero-order chi connectivity index (χ0) is 31.8. The topological polar surface area (TPSA) is 155 Å². The van der Waals surface area contributed by atoms with Crippen LogP contribution in [0, 0.1) is 24.0 Å². The number of aromatic nitrogens is 4. The number of alkyl halides is 3. The first-order valence-corrected chi connectivity index (χ1v) is 12.5. The van der Waals surface area contributed by atoms with Crippen LogP contribution in [0.15, 0.2) is 30.5 Å². The van der Waals surface area contributed by atoms with Crippen molar-refractivity contribution >= 4 is 41.1 Å². The lowest BCUT2D eigenvalue weighted by Crippen LogP contribution is -2.36. The Morgan fingerprint density at radius 1 is 1.02 bits per heavy atom. The molecule has 1 N–H and O–H groups in total. The summed E-state index contributed by atoms with van der Waals surface area (Å²) in [5, 5.41) is 18.0. The van der Waals surface area contributed by atoms with Gasteiger partial charge in [0, 0.05) is 24.4 Å². The number of nitro groups is 1. The molecule has 0 saturated heterocycles. The van der Waals surface area contributed by atoms with Crippen LogP contribution >= 0.6 is 0 Å². The number of benzene rings is 1. The molecule has 42 heavy (non-hydrogen) atoms. The second-order valence-corrected chi connectivity index (χ2v) is 11.2. The lowest BCUT2D eigenvalue weighted by Gasteiger charge is -2.27. The molecule has 0 aliphatic rings. The monoisotopic (exact) mass is 593 g/mol. The number of rotatable bonds is 5. The minimum absolute atomic E-state index is 0.140. The largest absolute Gasteiger partial charge is 0.443 e. The molecular formula is C26H30F3N7O6. The van der Waals surface area contributed by atoms with Crippen LogP contribution in [-0.2, 0) is 15.7 Å². The van der Waals surface area contributed by atoms with Gasteiger partial charge >= 0.3 is 18.4 Å². The van der Waals surface area contributed by atoms with Crippen LogP contribution in [0.3, 0.4) is 0 Å². The maximum Gasteiger partial charge on any atom is 0.435 e. The quantitative estimate of drug-likeness (QED) is 0.246. The number of carbonyl (C=O) groups excluding carboxylic acids is 2. The van der Waals surface area contributed by atoms with Gasteiger partial charge in [0.25, 0.3) is 5.69 Å². The number of halogens is 3. The predicted molar refractivity (Wildman–Crippen MR) is 145 cm³/mol. The SMILES string of the molecule is Cc1ccc([N+](=O)[O-])cc1Nc1ncc(C(F)(F)F)c(N(C(=O)OC(C)(C)C)c2cc(C)n(C(=O)OC(C)(C)C)n2)n1. The lowest BCUT2D eigenvalue weighted by atomic mass is 10.2. The van der Waals surface area contributed by atoms with Gasteiger partial charge in [-0.2, -0.15) is 22.8 Å². The van der Waals surface area contributed by atoms with Crippen molar-refractivity contribution in [3.05, 3.63) is 57.4 Å². The van der Waals surface area contributed by atoms with Crippen LogP contribution in [0.5, 0.6) is 0 Å². The predicted octanol–water partition coefficient (Wildman–Crippen LogP) is 6.82. The molecule has 226 valence electrons. The second-order valence-electron chi connectivity index (χ2n) is 11.2. The summed E-state index contributed by atoms with van der Waals surface area (Å²) in [5.41, 5.74) is -2.98. The Morgan fingerprint density at radius 3 is 2.19 bits per heavy atom. The standard InChI is InChI=1S/C26H30F3N7O6/c1-14-9-10-16(36(39)40)12-18(14)31-21-30-13-17(26(27,28)29)20(32-21)34(22(37)41-24(3,4)5)19-11-15(2)35(33-19)23(38)42-25(6,7)8/h9-13H,1-8H3,(H,30,31,32). The molecule has 0 aliphatic heterocycles. The Kier molecular flexibility index (Phi) is 8.51. The average molecular weight is 594 g/mol. The van der Waals surface area contributed by atoms with Crippen LogP contribution in [0.1, 0.15) is 58.4 Å². The molecule has 1 amide bonds. The molecule has 0 spiro atoms. The van der Waals surface area contributed by atoms with E-state index in [1.807, 2.05) is 0 Å². The summed E-state index contributed by atoms with van der Waals surface area (Å²) in [7, 11) is 0. The first-order valence-electron chi connectivity index (χ1n) is 12.5. The summed E-state index contributed by atoms with van der Waals surface area (Å²) >= 11 is 0. The van der Waals surface area contributed by atoms with Gasteiger partial charge in [-0.15, -0.1) is 5.10 Å². The smallest absolute Gasteiger partial charge is 0.435 e. The molecule has 2 heterocycles. The highest BCUT2D eigenvalue weighted by atomic mass is 19.4. The van der Waals surface area contributed by atoms with E-state index in [1.54, 1.807) is 27.7 Å². The summed E-state index contributed by atoms with van der Waals surface area (Å²) in [6.45, 7) is 12.4. The molecule has 1 aromatic carbocycles. The molecule has 0 bridgehead atoms. The Bertz CT molecular complexity index is 1520. The van der Waals surface area contributed by atoms with Crippen molar-refractivity contribution in [3.63, 3.8) is 0 Å². The van der Waals surface area contributed by atoms with Gasteiger partial charge in [0.1, 0.15) is 16.8 Å². The van der Waals surface area contributed by atoms with Crippen molar-refractivity contribution in [1.29, 1.82) is 0 Å². The Balaban J connectivity index is 2.23. The van der Waals surface area contributed by atoms with Crippen molar-refractivity contribution in [2.45, 2.75) is 72.8 Å². The molecular weight excluding hydrogens is 563 g/mol. The number of carbonyl (C=O) groups is 2. The molecule has 0 unspecified atom stereocenters. The zero-order valence-electron chi connectivity index (χ0n) is 24.2. The maximum atomic E-state index is 14.2. The Hall–Kier alpha value is -4.76. The first-order chi connectivity index (χ1) is 19.2. The van der Waals surface area contributed by atoms with E-state index in [0.29, 0.717) is 16.7 Å². The lowest BCUT2D eigenvalue weighted by molar-refractivity contribution is -0.384. The number of nitrogens with zero attached hydrogens (tertiary/aromatic N) is 6. The van der Waals surface area contributed by atoms with Gasteiger partial charge in [-0.3, -0.25) is 10.1 Å². The van der Waals surface area contributed by atoms with Gasteiger partial charge in [-0.1, -0.05) is 6.07 Å². The number of non-ortho nitro benzene ring substituents is 1. The van der Waals surface area contributed by atoms with Crippen LogP contribution < -0.4 is 10.2 Å². The molecule has 0 saturated carbocycles. The van der Waals surface area contributed by atoms with E-state index in [4.69, 9.17) is 9.47 Å². The minimum Gasteiger partial charge on any atom is -0.443 e. The molecule has 0 atom stereocenters. The van der Waals surface area contributed by atoms with Crippen LogP contribution in [0.25, 0.3) is 0 Å². The van der Waals surface area contributed by atoms with E-state index in [1.165, 1.54) is 45.9 Å². The van der Waals surface area contributed by atoms with Crippen molar-refractivity contribution in [2.75, 3.05) is 10.2 Å². The van der Waals surface area contributed by atoms with E-state index in [2.05, 4.69) is 20.4 Å². The van der Waals surface area contributed by atoms with Crippen LogP contribution in [0.2, 0.25) is 0 Å². The number of ether oxygens (including phenoxy) is 2. The highest BCUT2D eigenvalue weighted by Gasteiger charge is 2.41.